The zero-order valence-electron chi connectivity index (χ0n) is 14.4. The van der Waals surface area contributed by atoms with E-state index in [0.29, 0.717) is 12.1 Å². The molecular weight excluding hydrogens is 332 g/mol. The normalized spacial score (nSPS) is 11.2. The molecule has 0 heterocycles. The first-order chi connectivity index (χ1) is 12.2. The van der Waals surface area contributed by atoms with Crippen molar-refractivity contribution in [3.8, 4) is 0 Å². The molecular formula is C19H24N4OS. The third kappa shape index (κ3) is 6.89. The maximum absolute atomic E-state index is 11.1. The lowest BCUT2D eigenvalue weighted by molar-refractivity contribution is 0.100. The molecule has 4 N–H and O–H groups in total. The van der Waals surface area contributed by atoms with Crippen LogP contribution in [0.5, 0.6) is 0 Å². The molecule has 0 saturated heterocycles. The van der Waals surface area contributed by atoms with E-state index in [9.17, 15) is 4.79 Å². The van der Waals surface area contributed by atoms with Crippen LogP contribution in [0.15, 0.2) is 64.5 Å². The highest BCUT2D eigenvalue weighted by Crippen LogP contribution is 2.15. The van der Waals surface area contributed by atoms with Gasteiger partial charge in [-0.25, -0.2) is 4.99 Å². The molecule has 0 aliphatic rings. The minimum absolute atomic E-state index is 0.416. The highest BCUT2D eigenvalue weighted by atomic mass is 32.2. The van der Waals surface area contributed by atoms with E-state index in [2.05, 4.69) is 27.8 Å². The van der Waals surface area contributed by atoms with Crippen molar-refractivity contribution in [1.29, 1.82) is 0 Å². The Morgan fingerprint density at radius 3 is 2.44 bits per heavy atom. The van der Waals surface area contributed by atoms with Crippen molar-refractivity contribution in [2.45, 2.75) is 18.4 Å². The maximum Gasteiger partial charge on any atom is 0.248 e. The SMILES string of the molecule is CCNC(=NCc1ccc(C(N)=O)cc1)NCCSc1ccccc1. The van der Waals surface area contributed by atoms with Gasteiger partial charge < -0.3 is 16.4 Å². The Labute approximate surface area is 153 Å². The lowest BCUT2D eigenvalue weighted by Gasteiger charge is -2.11. The lowest BCUT2D eigenvalue weighted by Crippen LogP contribution is -2.38. The summed E-state index contributed by atoms with van der Waals surface area (Å²) in [6, 6.07) is 17.5. The van der Waals surface area contributed by atoms with E-state index in [1.807, 2.05) is 49.0 Å². The van der Waals surface area contributed by atoms with Crippen molar-refractivity contribution < 1.29 is 4.79 Å². The number of hydrogen-bond acceptors (Lipinski definition) is 3. The topological polar surface area (TPSA) is 79.5 Å². The molecule has 0 aliphatic heterocycles. The fourth-order valence-electron chi connectivity index (χ4n) is 2.14. The monoisotopic (exact) mass is 356 g/mol. The summed E-state index contributed by atoms with van der Waals surface area (Å²) in [4.78, 5) is 16.9. The predicted molar refractivity (Wildman–Crippen MR) is 105 cm³/mol. The van der Waals surface area contributed by atoms with Gasteiger partial charge in [-0.1, -0.05) is 30.3 Å². The van der Waals surface area contributed by atoms with Crippen molar-refractivity contribution in [1.82, 2.24) is 10.6 Å². The van der Waals surface area contributed by atoms with E-state index < -0.39 is 5.91 Å². The van der Waals surface area contributed by atoms with E-state index in [4.69, 9.17) is 5.73 Å². The lowest BCUT2D eigenvalue weighted by atomic mass is 10.1. The number of nitrogens with two attached hydrogens (primary N) is 1. The zero-order valence-corrected chi connectivity index (χ0v) is 15.2. The Morgan fingerprint density at radius 2 is 1.80 bits per heavy atom. The first kappa shape index (κ1) is 18.9. The molecule has 0 spiro atoms. The minimum atomic E-state index is -0.416. The van der Waals surface area contributed by atoms with Crippen molar-refractivity contribution in [3.63, 3.8) is 0 Å². The molecule has 2 aromatic rings. The van der Waals surface area contributed by atoms with Gasteiger partial charge in [0.05, 0.1) is 6.54 Å². The van der Waals surface area contributed by atoms with E-state index in [1.54, 1.807) is 12.1 Å². The number of primary amides is 1. The van der Waals surface area contributed by atoms with Crippen molar-refractivity contribution in [2.24, 2.45) is 10.7 Å². The molecule has 132 valence electrons. The minimum Gasteiger partial charge on any atom is -0.366 e. The molecule has 6 heteroatoms. The summed E-state index contributed by atoms with van der Waals surface area (Å²) in [6.07, 6.45) is 0. The number of guanidine groups is 1. The third-order valence-corrected chi connectivity index (χ3v) is 4.42. The van der Waals surface area contributed by atoms with Gasteiger partial charge >= 0.3 is 0 Å². The van der Waals surface area contributed by atoms with E-state index >= 15 is 0 Å². The fraction of sp³-hybridized carbons (Fsp3) is 0.263. The number of aliphatic imine (C=N–C) groups is 1. The summed E-state index contributed by atoms with van der Waals surface area (Å²) < 4.78 is 0. The Bertz CT molecular complexity index is 686. The van der Waals surface area contributed by atoms with Crippen molar-refractivity contribution >= 4 is 23.6 Å². The highest BCUT2D eigenvalue weighted by Gasteiger charge is 2.01. The number of carbonyl (C=O) groups is 1. The second-order valence-corrected chi connectivity index (χ2v) is 6.51. The Kier molecular flexibility index (Phi) is 7.85. The summed E-state index contributed by atoms with van der Waals surface area (Å²) in [7, 11) is 0. The van der Waals surface area contributed by atoms with Crippen LogP contribution in [0.2, 0.25) is 0 Å². The quantitative estimate of drug-likeness (QED) is 0.294. The Hall–Kier alpha value is -2.47. The molecule has 25 heavy (non-hydrogen) atoms. The molecule has 0 bridgehead atoms. The van der Waals surface area contributed by atoms with Crippen molar-refractivity contribution in [2.75, 3.05) is 18.8 Å². The predicted octanol–water partition coefficient (Wildman–Crippen LogP) is 2.63. The number of hydrogen-bond donors (Lipinski definition) is 3. The second kappa shape index (κ2) is 10.4. The summed E-state index contributed by atoms with van der Waals surface area (Å²) >= 11 is 1.81. The van der Waals surface area contributed by atoms with Crippen LogP contribution in [0.3, 0.4) is 0 Å². The van der Waals surface area contributed by atoms with Crippen LogP contribution < -0.4 is 16.4 Å². The molecule has 5 nitrogen and oxygen atoms in total. The Morgan fingerprint density at radius 1 is 1.08 bits per heavy atom. The second-order valence-electron chi connectivity index (χ2n) is 5.34. The van der Waals surface area contributed by atoms with Crippen LogP contribution in [0.1, 0.15) is 22.8 Å². The molecule has 2 aromatic carbocycles. The van der Waals surface area contributed by atoms with Gasteiger partial charge in [0.1, 0.15) is 0 Å². The number of thioether (sulfide) groups is 1. The summed E-state index contributed by atoms with van der Waals surface area (Å²) in [5.74, 6) is 1.33. The molecule has 0 radical (unpaired) electrons. The highest BCUT2D eigenvalue weighted by molar-refractivity contribution is 7.99. The fourth-order valence-corrected chi connectivity index (χ4v) is 2.93. The number of benzene rings is 2. The van der Waals surface area contributed by atoms with E-state index in [0.717, 1.165) is 30.4 Å². The van der Waals surface area contributed by atoms with Gasteiger partial charge in [0.2, 0.25) is 5.91 Å². The summed E-state index contributed by atoms with van der Waals surface area (Å²) in [5.41, 5.74) is 6.79. The third-order valence-electron chi connectivity index (χ3n) is 3.41. The van der Waals surface area contributed by atoms with Gasteiger partial charge in [0, 0.05) is 29.3 Å². The average Bonchev–Trinajstić information content (AvgIpc) is 2.64. The number of nitrogens with one attached hydrogen (secondary N) is 2. The van der Waals surface area contributed by atoms with Gasteiger partial charge in [0.25, 0.3) is 0 Å². The van der Waals surface area contributed by atoms with Gasteiger partial charge in [0.15, 0.2) is 5.96 Å². The van der Waals surface area contributed by atoms with Gasteiger partial charge in [-0.3, -0.25) is 4.79 Å². The van der Waals surface area contributed by atoms with E-state index in [-0.39, 0.29) is 0 Å². The summed E-state index contributed by atoms with van der Waals surface area (Å²) in [6.45, 7) is 4.21. The number of carbonyl (C=O) groups excluding carboxylic acids is 1. The summed E-state index contributed by atoms with van der Waals surface area (Å²) in [5, 5.41) is 6.57. The molecule has 0 fully saturated rings. The van der Waals surface area contributed by atoms with E-state index in [1.165, 1.54) is 4.90 Å². The van der Waals surface area contributed by atoms with Gasteiger partial charge in [-0.05, 0) is 36.8 Å². The molecule has 0 atom stereocenters. The van der Waals surface area contributed by atoms with Crippen LogP contribution in [0, 0.1) is 0 Å². The molecule has 2 rings (SSSR count). The van der Waals surface area contributed by atoms with Crippen LogP contribution >= 0.6 is 11.8 Å². The van der Waals surface area contributed by atoms with Crippen LogP contribution in [0.25, 0.3) is 0 Å². The molecule has 0 aromatic heterocycles. The molecule has 0 aliphatic carbocycles. The molecule has 0 saturated carbocycles. The number of amides is 1. The standard InChI is InChI=1S/C19H24N4OS/c1-2-21-19(22-12-13-25-17-6-4-3-5-7-17)23-14-15-8-10-16(11-9-15)18(20)24/h3-11H,2,12-14H2,1H3,(H2,20,24)(H2,21,22,23). The van der Waals surface area contributed by atoms with Gasteiger partial charge in [-0.2, -0.15) is 0 Å². The first-order valence-corrected chi connectivity index (χ1v) is 9.26. The maximum atomic E-state index is 11.1. The van der Waals surface area contributed by atoms with Crippen LogP contribution in [0.4, 0.5) is 0 Å². The van der Waals surface area contributed by atoms with Crippen molar-refractivity contribution in [3.05, 3.63) is 65.7 Å². The largest absolute Gasteiger partial charge is 0.366 e. The molecule has 1 amide bonds. The van der Waals surface area contributed by atoms with Gasteiger partial charge in [-0.15, -0.1) is 11.8 Å². The Balaban J connectivity index is 1.82. The van der Waals surface area contributed by atoms with Crippen LogP contribution in [-0.2, 0) is 6.54 Å². The average molecular weight is 356 g/mol. The first-order valence-electron chi connectivity index (χ1n) is 8.28. The number of nitrogens with zero attached hydrogens (tertiary/aromatic N) is 1. The zero-order chi connectivity index (χ0) is 17.9. The number of rotatable bonds is 8. The van der Waals surface area contributed by atoms with Crippen LogP contribution in [-0.4, -0.2) is 30.7 Å². The smallest absolute Gasteiger partial charge is 0.248 e. The molecule has 0 unspecified atom stereocenters.